The van der Waals surface area contributed by atoms with Crippen LogP contribution in [-0.2, 0) is 4.74 Å². The van der Waals surface area contributed by atoms with Crippen molar-refractivity contribution in [2.75, 3.05) is 0 Å². The van der Waals surface area contributed by atoms with Gasteiger partial charge in [-0.15, -0.1) is 6.58 Å². The molecule has 2 unspecified atom stereocenters. The third kappa shape index (κ3) is 7.00. The van der Waals surface area contributed by atoms with E-state index >= 15 is 0 Å². The summed E-state index contributed by atoms with van der Waals surface area (Å²) in [5.41, 5.74) is 0. The van der Waals surface area contributed by atoms with Gasteiger partial charge >= 0.3 is 0 Å². The van der Waals surface area contributed by atoms with Crippen LogP contribution in [0.5, 0.6) is 0 Å². The number of rotatable bonds is 7. The maximum atomic E-state index is 5.57. The average molecular weight is 242 g/mol. The highest BCUT2D eigenvalue weighted by atomic mass is 16.6. The molecule has 0 saturated carbocycles. The molecule has 0 spiro atoms. The number of epoxide rings is 1. The van der Waals surface area contributed by atoms with Gasteiger partial charge in [-0.1, -0.05) is 36.8 Å². The molecule has 0 aliphatic carbocycles. The van der Waals surface area contributed by atoms with Crippen molar-refractivity contribution in [3.8, 4) is 23.7 Å². The lowest BCUT2D eigenvalue weighted by Gasteiger charge is -1.95. The number of ether oxygens (including phenoxy) is 1. The first-order valence-electron chi connectivity index (χ1n) is 6.74. The molecule has 1 heteroatoms. The number of allylic oxidation sites excluding steroid dienone is 3. The summed E-state index contributed by atoms with van der Waals surface area (Å²) in [6.07, 6.45) is 13.4. The Bertz CT molecular complexity index is 383. The lowest BCUT2D eigenvalue weighted by atomic mass is 10.1. The van der Waals surface area contributed by atoms with Gasteiger partial charge in [-0.25, -0.2) is 0 Å². The number of hydrogen-bond acceptors (Lipinski definition) is 1. The van der Waals surface area contributed by atoms with Crippen LogP contribution in [0.15, 0.2) is 24.8 Å². The van der Waals surface area contributed by atoms with E-state index in [2.05, 4.69) is 30.3 Å². The molecule has 18 heavy (non-hydrogen) atoms. The topological polar surface area (TPSA) is 12.5 Å². The second kappa shape index (κ2) is 9.58. The van der Waals surface area contributed by atoms with E-state index in [0.717, 1.165) is 12.8 Å². The molecule has 2 atom stereocenters. The van der Waals surface area contributed by atoms with Crippen LogP contribution in [0, 0.1) is 23.7 Å². The molecule has 0 N–H and O–H groups in total. The molecule has 96 valence electrons. The Hall–Kier alpha value is -1.44. The third-order valence-electron chi connectivity index (χ3n) is 2.86. The van der Waals surface area contributed by atoms with Crippen LogP contribution in [-0.4, -0.2) is 12.2 Å². The molecule has 1 heterocycles. The minimum Gasteiger partial charge on any atom is -0.369 e. The van der Waals surface area contributed by atoms with Crippen LogP contribution < -0.4 is 0 Å². The first-order valence-corrected chi connectivity index (χ1v) is 6.74. The first kappa shape index (κ1) is 14.6. The minimum atomic E-state index is 0.362. The van der Waals surface area contributed by atoms with E-state index < -0.39 is 0 Å². The standard InChI is InChI=1S/C17H22O/c1-3-5-7-9-11-13-15-17-16(18-17)14-12-10-8-6-4-2/h3-5,16-17H,2,6,8,10,12,14-15H2,1H3. The van der Waals surface area contributed by atoms with Gasteiger partial charge in [0.2, 0.25) is 0 Å². The summed E-state index contributed by atoms with van der Waals surface area (Å²) < 4.78 is 5.57. The SMILES string of the molecule is C=CCCCCCC1OC1CC#CC#CC=CC. The summed E-state index contributed by atoms with van der Waals surface area (Å²) in [7, 11) is 0. The fourth-order valence-corrected chi connectivity index (χ4v) is 1.78. The molecule has 0 aromatic rings. The Balaban J connectivity index is 2.00. The highest BCUT2D eigenvalue weighted by Crippen LogP contribution is 2.29. The molecule has 1 aliphatic rings. The van der Waals surface area contributed by atoms with Gasteiger partial charge in [-0.2, -0.15) is 0 Å². The van der Waals surface area contributed by atoms with Crippen molar-refractivity contribution in [3.63, 3.8) is 0 Å². The van der Waals surface area contributed by atoms with Crippen LogP contribution in [0.25, 0.3) is 0 Å². The summed E-state index contributed by atoms with van der Waals surface area (Å²) in [5, 5.41) is 0. The van der Waals surface area contributed by atoms with Crippen molar-refractivity contribution >= 4 is 0 Å². The van der Waals surface area contributed by atoms with Crippen molar-refractivity contribution in [2.45, 2.75) is 57.7 Å². The predicted molar refractivity (Wildman–Crippen MR) is 76.9 cm³/mol. The second-order valence-corrected chi connectivity index (χ2v) is 4.41. The Kier molecular flexibility index (Phi) is 7.78. The first-order chi connectivity index (χ1) is 8.88. The predicted octanol–water partition coefficient (Wildman–Crippen LogP) is 3.86. The molecule has 1 fully saturated rings. The van der Waals surface area contributed by atoms with Gasteiger partial charge in [-0.05, 0) is 44.1 Å². The van der Waals surface area contributed by atoms with Gasteiger partial charge in [-0.3, -0.25) is 0 Å². The summed E-state index contributed by atoms with van der Waals surface area (Å²) in [6, 6.07) is 0. The fourth-order valence-electron chi connectivity index (χ4n) is 1.78. The molecule has 0 aromatic carbocycles. The molecule has 0 bridgehead atoms. The molecule has 1 aliphatic heterocycles. The summed E-state index contributed by atoms with van der Waals surface area (Å²) in [6.45, 7) is 5.67. The Labute approximate surface area is 111 Å². The van der Waals surface area contributed by atoms with E-state index in [1.165, 1.54) is 25.7 Å². The van der Waals surface area contributed by atoms with E-state index in [0.29, 0.717) is 12.2 Å². The Morgan fingerprint density at radius 2 is 2.06 bits per heavy atom. The van der Waals surface area contributed by atoms with Gasteiger partial charge in [0.15, 0.2) is 0 Å². The molecule has 1 rings (SSSR count). The van der Waals surface area contributed by atoms with Crippen molar-refractivity contribution in [1.82, 2.24) is 0 Å². The smallest absolute Gasteiger partial charge is 0.0951 e. The van der Waals surface area contributed by atoms with Crippen LogP contribution in [0.3, 0.4) is 0 Å². The molecule has 0 radical (unpaired) electrons. The molecule has 0 amide bonds. The number of hydrogen-bond donors (Lipinski definition) is 0. The lowest BCUT2D eigenvalue weighted by molar-refractivity contribution is 0.360. The molecular formula is C17H22O. The number of unbranched alkanes of at least 4 members (excludes halogenated alkanes) is 3. The maximum absolute atomic E-state index is 5.57. The van der Waals surface area contributed by atoms with Crippen LogP contribution in [0.4, 0.5) is 0 Å². The lowest BCUT2D eigenvalue weighted by Crippen LogP contribution is -1.92. The van der Waals surface area contributed by atoms with Crippen molar-refractivity contribution < 1.29 is 4.74 Å². The Morgan fingerprint density at radius 3 is 2.83 bits per heavy atom. The zero-order valence-electron chi connectivity index (χ0n) is 11.2. The van der Waals surface area contributed by atoms with Crippen molar-refractivity contribution in [3.05, 3.63) is 24.8 Å². The largest absolute Gasteiger partial charge is 0.369 e. The zero-order chi connectivity index (χ0) is 13.1. The van der Waals surface area contributed by atoms with E-state index in [-0.39, 0.29) is 0 Å². The fraction of sp³-hybridized carbons (Fsp3) is 0.529. The van der Waals surface area contributed by atoms with E-state index in [1.54, 1.807) is 6.08 Å². The van der Waals surface area contributed by atoms with Gasteiger partial charge in [0.25, 0.3) is 0 Å². The van der Waals surface area contributed by atoms with Gasteiger partial charge < -0.3 is 4.74 Å². The van der Waals surface area contributed by atoms with Gasteiger partial charge in [0.1, 0.15) is 0 Å². The van der Waals surface area contributed by atoms with Crippen LogP contribution in [0.1, 0.15) is 45.4 Å². The third-order valence-corrected chi connectivity index (χ3v) is 2.86. The van der Waals surface area contributed by atoms with Gasteiger partial charge in [0.05, 0.1) is 12.2 Å². The molecule has 1 saturated heterocycles. The monoisotopic (exact) mass is 242 g/mol. The van der Waals surface area contributed by atoms with E-state index in [1.807, 2.05) is 19.1 Å². The average Bonchev–Trinajstić information content (AvgIpc) is 3.12. The van der Waals surface area contributed by atoms with Crippen LogP contribution in [0.2, 0.25) is 0 Å². The Morgan fingerprint density at radius 1 is 1.17 bits per heavy atom. The molecule has 1 nitrogen and oxygen atoms in total. The second-order valence-electron chi connectivity index (χ2n) is 4.41. The van der Waals surface area contributed by atoms with Gasteiger partial charge in [0, 0.05) is 6.42 Å². The van der Waals surface area contributed by atoms with Crippen molar-refractivity contribution in [2.24, 2.45) is 0 Å². The highest BCUT2D eigenvalue weighted by Gasteiger charge is 2.36. The summed E-state index contributed by atoms with van der Waals surface area (Å²) >= 11 is 0. The van der Waals surface area contributed by atoms with Crippen LogP contribution >= 0.6 is 0 Å². The maximum Gasteiger partial charge on any atom is 0.0951 e. The molecular weight excluding hydrogens is 220 g/mol. The van der Waals surface area contributed by atoms with E-state index in [4.69, 9.17) is 4.74 Å². The summed E-state index contributed by atoms with van der Waals surface area (Å²) in [5.74, 6) is 11.5. The van der Waals surface area contributed by atoms with E-state index in [9.17, 15) is 0 Å². The summed E-state index contributed by atoms with van der Waals surface area (Å²) in [4.78, 5) is 0. The quantitative estimate of drug-likeness (QED) is 0.286. The molecule has 0 aromatic heterocycles. The van der Waals surface area contributed by atoms with Crippen molar-refractivity contribution in [1.29, 1.82) is 0 Å². The minimum absolute atomic E-state index is 0.362. The normalized spacial score (nSPS) is 20.7. The highest BCUT2D eigenvalue weighted by molar-refractivity contribution is 5.30. The zero-order valence-corrected chi connectivity index (χ0v) is 11.2.